The molecule has 0 aliphatic rings. The van der Waals surface area contributed by atoms with E-state index in [1.165, 1.54) is 11.1 Å². The summed E-state index contributed by atoms with van der Waals surface area (Å²) in [6, 6.07) is 9.07. The monoisotopic (exact) mass is 331 g/mol. The minimum absolute atomic E-state index is 0. The Labute approximate surface area is 135 Å². The molecule has 0 aliphatic carbocycles. The van der Waals surface area contributed by atoms with Crippen LogP contribution in [0.2, 0.25) is 6.04 Å². The van der Waals surface area contributed by atoms with Crippen LogP contribution in [0.15, 0.2) is 30.8 Å². The summed E-state index contributed by atoms with van der Waals surface area (Å²) in [5, 5.41) is 3.43. The maximum absolute atomic E-state index is 5.39. The molecule has 0 unspecified atom stereocenters. The number of halogens is 1. The second kappa shape index (κ2) is 11.0. The van der Waals surface area contributed by atoms with Crippen molar-refractivity contribution in [3.8, 4) is 0 Å². The summed E-state index contributed by atoms with van der Waals surface area (Å²) in [4.78, 5) is 0. The lowest BCUT2D eigenvalue weighted by molar-refractivity contribution is 0.123. The quantitative estimate of drug-likeness (QED) is 0.528. The third-order valence-electron chi connectivity index (χ3n) is 3.36. The van der Waals surface area contributed by atoms with E-state index in [1.807, 2.05) is 18.2 Å². The molecule has 0 radical (unpaired) electrons. The molecule has 0 heterocycles. The van der Waals surface area contributed by atoms with Crippen molar-refractivity contribution in [2.75, 3.05) is 27.9 Å². The Balaban J connectivity index is 0.00000400. The van der Waals surface area contributed by atoms with Gasteiger partial charge in [0.1, 0.15) is 0 Å². The second-order valence-electron chi connectivity index (χ2n) is 4.48. The number of hydrogen-bond acceptors (Lipinski definition) is 4. The largest absolute Gasteiger partial charge is 0.500 e. The van der Waals surface area contributed by atoms with Gasteiger partial charge in [-0.3, -0.25) is 0 Å². The normalized spacial score (nSPS) is 11.0. The van der Waals surface area contributed by atoms with E-state index in [0.717, 1.165) is 25.6 Å². The van der Waals surface area contributed by atoms with Crippen LogP contribution in [0.1, 0.15) is 17.5 Å². The lowest BCUT2D eigenvalue weighted by atomic mass is 10.1. The van der Waals surface area contributed by atoms with Gasteiger partial charge in [-0.15, -0.1) is 12.4 Å². The predicted molar refractivity (Wildman–Crippen MR) is 91.7 cm³/mol. The fourth-order valence-electron chi connectivity index (χ4n) is 2.10. The van der Waals surface area contributed by atoms with Gasteiger partial charge in [0.15, 0.2) is 0 Å². The van der Waals surface area contributed by atoms with Gasteiger partial charge in [-0.2, -0.15) is 0 Å². The maximum atomic E-state index is 5.39. The fourth-order valence-corrected chi connectivity index (χ4v) is 3.83. The summed E-state index contributed by atoms with van der Waals surface area (Å²) in [6.07, 6.45) is 2.84. The van der Waals surface area contributed by atoms with Crippen LogP contribution >= 0.6 is 12.4 Å². The molecule has 1 rings (SSSR count). The third kappa shape index (κ3) is 6.30. The number of benzene rings is 1. The van der Waals surface area contributed by atoms with Crippen LogP contribution in [0.3, 0.4) is 0 Å². The standard InChI is InChI=1S/C15H25NO3Si.ClH/c1-5-14-9-6-7-10-15(14)13-16-11-8-12-20(17-2,18-3)19-4;/h5-7,9-10,16H,1,8,11-13H2,2-4H3;1H. The molecule has 0 fully saturated rings. The first-order valence-electron chi connectivity index (χ1n) is 6.78. The van der Waals surface area contributed by atoms with Crippen LogP contribution in [0.25, 0.3) is 6.08 Å². The molecule has 0 aromatic heterocycles. The molecule has 1 aromatic carbocycles. The topological polar surface area (TPSA) is 39.7 Å². The van der Waals surface area contributed by atoms with Gasteiger partial charge in [0.2, 0.25) is 0 Å². The Morgan fingerprint density at radius 1 is 1.14 bits per heavy atom. The first kappa shape index (κ1) is 20.3. The molecule has 0 amide bonds. The van der Waals surface area contributed by atoms with Crippen LogP contribution < -0.4 is 5.32 Å². The van der Waals surface area contributed by atoms with E-state index in [-0.39, 0.29) is 12.4 Å². The van der Waals surface area contributed by atoms with E-state index in [2.05, 4.69) is 24.0 Å². The molecule has 0 saturated heterocycles. The zero-order valence-corrected chi connectivity index (χ0v) is 14.9. The summed E-state index contributed by atoms with van der Waals surface area (Å²) in [6.45, 7) is 5.57. The van der Waals surface area contributed by atoms with Crippen LogP contribution in [-0.4, -0.2) is 36.7 Å². The van der Waals surface area contributed by atoms with Gasteiger partial charge in [0, 0.05) is 33.9 Å². The van der Waals surface area contributed by atoms with E-state index in [9.17, 15) is 0 Å². The molecule has 6 heteroatoms. The van der Waals surface area contributed by atoms with Crippen molar-refractivity contribution in [1.82, 2.24) is 5.32 Å². The molecule has 1 N–H and O–H groups in total. The summed E-state index contributed by atoms with van der Waals surface area (Å²) in [5.74, 6) is 0. The van der Waals surface area contributed by atoms with Crippen molar-refractivity contribution in [2.24, 2.45) is 0 Å². The smallest absolute Gasteiger partial charge is 0.377 e. The van der Waals surface area contributed by atoms with Crippen LogP contribution in [0, 0.1) is 0 Å². The summed E-state index contributed by atoms with van der Waals surface area (Å²) in [5.41, 5.74) is 2.44. The predicted octanol–water partition coefficient (Wildman–Crippen LogP) is 3.11. The lowest BCUT2D eigenvalue weighted by Crippen LogP contribution is -2.43. The Bertz CT molecular complexity index is 405. The van der Waals surface area contributed by atoms with Crippen molar-refractivity contribution < 1.29 is 13.3 Å². The average molecular weight is 332 g/mol. The highest BCUT2D eigenvalue weighted by atomic mass is 35.5. The highest BCUT2D eigenvalue weighted by molar-refractivity contribution is 6.60. The second-order valence-corrected chi connectivity index (χ2v) is 7.57. The Morgan fingerprint density at radius 2 is 1.76 bits per heavy atom. The molecular weight excluding hydrogens is 306 g/mol. The molecule has 0 spiro atoms. The number of rotatable bonds is 10. The van der Waals surface area contributed by atoms with Gasteiger partial charge >= 0.3 is 8.80 Å². The van der Waals surface area contributed by atoms with Gasteiger partial charge in [-0.25, -0.2) is 0 Å². The Kier molecular flexibility index (Phi) is 10.6. The van der Waals surface area contributed by atoms with Crippen LogP contribution in [0.4, 0.5) is 0 Å². The minimum Gasteiger partial charge on any atom is -0.377 e. The highest BCUT2D eigenvalue weighted by Crippen LogP contribution is 2.14. The zero-order valence-electron chi connectivity index (χ0n) is 13.1. The fraction of sp³-hybridized carbons (Fsp3) is 0.467. The van der Waals surface area contributed by atoms with Crippen molar-refractivity contribution in [3.05, 3.63) is 42.0 Å². The Morgan fingerprint density at radius 3 is 2.33 bits per heavy atom. The van der Waals surface area contributed by atoms with Crippen molar-refractivity contribution in [1.29, 1.82) is 0 Å². The van der Waals surface area contributed by atoms with Gasteiger partial charge in [0.05, 0.1) is 0 Å². The first-order chi connectivity index (χ1) is 9.71. The van der Waals surface area contributed by atoms with Gasteiger partial charge in [-0.05, 0) is 24.1 Å². The molecule has 4 nitrogen and oxygen atoms in total. The number of nitrogens with one attached hydrogen (secondary N) is 1. The van der Waals surface area contributed by atoms with Crippen LogP contribution in [-0.2, 0) is 19.8 Å². The maximum Gasteiger partial charge on any atom is 0.500 e. The molecule has 120 valence electrons. The summed E-state index contributed by atoms with van der Waals surface area (Å²) < 4.78 is 16.2. The summed E-state index contributed by atoms with van der Waals surface area (Å²) in [7, 11) is 2.52. The van der Waals surface area contributed by atoms with E-state index in [1.54, 1.807) is 21.3 Å². The first-order valence-corrected chi connectivity index (χ1v) is 8.71. The van der Waals surface area contributed by atoms with Gasteiger partial charge in [0.25, 0.3) is 0 Å². The van der Waals surface area contributed by atoms with E-state index in [4.69, 9.17) is 13.3 Å². The molecule has 0 atom stereocenters. The molecule has 21 heavy (non-hydrogen) atoms. The van der Waals surface area contributed by atoms with E-state index >= 15 is 0 Å². The molecule has 1 aromatic rings. The third-order valence-corrected chi connectivity index (χ3v) is 6.19. The summed E-state index contributed by atoms with van der Waals surface area (Å²) >= 11 is 0. The van der Waals surface area contributed by atoms with Gasteiger partial charge in [-0.1, -0.05) is 36.9 Å². The molecule has 0 bridgehead atoms. The average Bonchev–Trinajstić information content (AvgIpc) is 2.52. The van der Waals surface area contributed by atoms with E-state index in [0.29, 0.717) is 0 Å². The molecule has 0 saturated carbocycles. The Hall–Kier alpha value is -0.693. The van der Waals surface area contributed by atoms with Crippen molar-refractivity contribution >= 4 is 27.3 Å². The highest BCUT2D eigenvalue weighted by Gasteiger charge is 2.36. The van der Waals surface area contributed by atoms with Crippen molar-refractivity contribution in [3.63, 3.8) is 0 Å². The van der Waals surface area contributed by atoms with E-state index < -0.39 is 8.80 Å². The zero-order chi connectivity index (χ0) is 14.8. The van der Waals surface area contributed by atoms with Crippen molar-refractivity contribution in [2.45, 2.75) is 19.0 Å². The minimum atomic E-state index is -2.42. The lowest BCUT2D eigenvalue weighted by Gasteiger charge is -2.24. The van der Waals surface area contributed by atoms with Gasteiger partial charge < -0.3 is 18.6 Å². The molecule has 0 aliphatic heterocycles. The molecular formula is C15H26ClNO3Si. The SMILES string of the molecule is C=Cc1ccccc1CNCCC[Si](OC)(OC)OC.Cl. The van der Waals surface area contributed by atoms with Crippen LogP contribution in [0.5, 0.6) is 0 Å². The number of hydrogen-bond donors (Lipinski definition) is 1.